The van der Waals surface area contributed by atoms with Gasteiger partial charge in [-0.3, -0.25) is 9.78 Å². The Morgan fingerprint density at radius 2 is 2.08 bits per heavy atom. The molecule has 1 atom stereocenters. The molecule has 0 saturated heterocycles. The van der Waals surface area contributed by atoms with Crippen LogP contribution in [0.1, 0.15) is 18.5 Å². The molecule has 0 unspecified atom stereocenters. The lowest BCUT2D eigenvalue weighted by molar-refractivity contribution is -0.120. The van der Waals surface area contributed by atoms with Crippen LogP contribution in [-0.4, -0.2) is 42.7 Å². The normalized spacial score (nSPS) is 13.9. The molecular formula is C17H20N4O3. The predicted molar refractivity (Wildman–Crippen MR) is 89.3 cm³/mol. The van der Waals surface area contributed by atoms with Crippen LogP contribution in [0.15, 0.2) is 36.8 Å². The van der Waals surface area contributed by atoms with Crippen LogP contribution in [0, 0.1) is 0 Å². The zero-order valence-electron chi connectivity index (χ0n) is 13.7. The number of nitrogens with one attached hydrogen (secondary N) is 1. The molecule has 24 heavy (non-hydrogen) atoms. The van der Waals surface area contributed by atoms with Gasteiger partial charge in [0, 0.05) is 19.4 Å². The molecule has 1 amide bonds. The van der Waals surface area contributed by atoms with Gasteiger partial charge in [0.15, 0.2) is 11.5 Å². The summed E-state index contributed by atoms with van der Waals surface area (Å²) in [5.41, 5.74) is 0.967. The van der Waals surface area contributed by atoms with Crippen molar-refractivity contribution >= 4 is 11.7 Å². The summed E-state index contributed by atoms with van der Waals surface area (Å²) in [5.74, 6) is 2.02. The van der Waals surface area contributed by atoms with Gasteiger partial charge >= 0.3 is 0 Å². The molecule has 0 bridgehead atoms. The maximum absolute atomic E-state index is 12.2. The Labute approximate surface area is 140 Å². The number of benzene rings is 1. The van der Waals surface area contributed by atoms with E-state index in [0.717, 1.165) is 17.1 Å². The van der Waals surface area contributed by atoms with Crippen LogP contribution in [0.3, 0.4) is 0 Å². The first-order valence-corrected chi connectivity index (χ1v) is 7.79. The van der Waals surface area contributed by atoms with Crippen molar-refractivity contribution in [1.29, 1.82) is 0 Å². The summed E-state index contributed by atoms with van der Waals surface area (Å²) in [4.78, 5) is 22.2. The van der Waals surface area contributed by atoms with E-state index >= 15 is 0 Å². The van der Waals surface area contributed by atoms with E-state index in [-0.39, 0.29) is 18.5 Å². The molecule has 1 aliphatic heterocycles. The van der Waals surface area contributed by atoms with Crippen molar-refractivity contribution in [3.8, 4) is 11.5 Å². The highest BCUT2D eigenvalue weighted by atomic mass is 16.6. The largest absolute Gasteiger partial charge is 0.486 e. The van der Waals surface area contributed by atoms with E-state index in [1.807, 2.05) is 25.1 Å². The fourth-order valence-electron chi connectivity index (χ4n) is 2.48. The number of hydrogen-bond donors (Lipinski definition) is 1. The van der Waals surface area contributed by atoms with Crippen LogP contribution in [-0.2, 0) is 4.79 Å². The fraction of sp³-hybridized carbons (Fsp3) is 0.353. The lowest BCUT2D eigenvalue weighted by Gasteiger charge is -2.22. The summed E-state index contributed by atoms with van der Waals surface area (Å²) < 4.78 is 11.1. The highest BCUT2D eigenvalue weighted by molar-refractivity contribution is 5.81. The van der Waals surface area contributed by atoms with Crippen molar-refractivity contribution in [2.24, 2.45) is 0 Å². The lowest BCUT2D eigenvalue weighted by atomic mass is 10.1. The van der Waals surface area contributed by atoms with Crippen molar-refractivity contribution in [3.63, 3.8) is 0 Å². The number of aromatic nitrogens is 2. The molecule has 0 fully saturated rings. The molecule has 0 radical (unpaired) electrons. The van der Waals surface area contributed by atoms with Gasteiger partial charge in [0.1, 0.15) is 19.0 Å². The van der Waals surface area contributed by atoms with Crippen LogP contribution in [0.2, 0.25) is 0 Å². The molecule has 2 aromatic rings. The van der Waals surface area contributed by atoms with Crippen LogP contribution < -0.4 is 19.7 Å². The Morgan fingerprint density at radius 1 is 1.29 bits per heavy atom. The monoisotopic (exact) mass is 328 g/mol. The molecular weight excluding hydrogens is 308 g/mol. The maximum atomic E-state index is 12.2. The van der Waals surface area contributed by atoms with Crippen molar-refractivity contribution in [1.82, 2.24) is 15.3 Å². The third-order valence-corrected chi connectivity index (χ3v) is 3.77. The van der Waals surface area contributed by atoms with Gasteiger partial charge in [-0.1, -0.05) is 6.07 Å². The Morgan fingerprint density at radius 3 is 2.83 bits per heavy atom. The number of anilines is 1. The van der Waals surface area contributed by atoms with Gasteiger partial charge in [-0.2, -0.15) is 0 Å². The number of fused-ring (bicyclic) bond motifs is 1. The van der Waals surface area contributed by atoms with E-state index in [9.17, 15) is 4.79 Å². The average molecular weight is 328 g/mol. The summed E-state index contributed by atoms with van der Waals surface area (Å²) in [6.45, 7) is 3.24. The van der Waals surface area contributed by atoms with E-state index in [0.29, 0.717) is 19.0 Å². The quantitative estimate of drug-likeness (QED) is 0.898. The van der Waals surface area contributed by atoms with Gasteiger partial charge in [-0.05, 0) is 24.6 Å². The first-order valence-electron chi connectivity index (χ1n) is 7.79. The molecule has 1 N–H and O–H groups in total. The lowest BCUT2D eigenvalue weighted by Crippen LogP contribution is -2.36. The van der Waals surface area contributed by atoms with Gasteiger partial charge < -0.3 is 19.7 Å². The summed E-state index contributed by atoms with van der Waals surface area (Å²) in [6, 6.07) is 5.58. The molecule has 0 aliphatic carbocycles. The van der Waals surface area contributed by atoms with Crippen molar-refractivity contribution in [3.05, 3.63) is 42.4 Å². The second-order valence-electron chi connectivity index (χ2n) is 5.61. The molecule has 0 spiro atoms. The Hall–Kier alpha value is -2.83. The summed E-state index contributed by atoms with van der Waals surface area (Å²) in [7, 11) is 1.80. The third-order valence-electron chi connectivity index (χ3n) is 3.77. The molecule has 2 heterocycles. The first-order chi connectivity index (χ1) is 11.6. The molecule has 0 saturated carbocycles. The summed E-state index contributed by atoms with van der Waals surface area (Å²) in [6.07, 6.45) is 4.82. The van der Waals surface area contributed by atoms with Gasteiger partial charge in [0.25, 0.3) is 0 Å². The van der Waals surface area contributed by atoms with E-state index in [2.05, 4.69) is 15.3 Å². The number of rotatable bonds is 5. The summed E-state index contributed by atoms with van der Waals surface area (Å²) >= 11 is 0. The van der Waals surface area contributed by atoms with Crippen molar-refractivity contribution in [2.75, 3.05) is 31.7 Å². The Balaban J connectivity index is 1.60. The van der Waals surface area contributed by atoms with Crippen LogP contribution >= 0.6 is 0 Å². The van der Waals surface area contributed by atoms with E-state index in [1.165, 1.54) is 0 Å². The average Bonchev–Trinajstić information content (AvgIpc) is 2.61. The first kappa shape index (κ1) is 16.0. The van der Waals surface area contributed by atoms with Gasteiger partial charge in [-0.25, -0.2) is 4.98 Å². The number of ether oxygens (including phenoxy) is 2. The molecule has 7 heteroatoms. The van der Waals surface area contributed by atoms with Crippen LogP contribution in [0.5, 0.6) is 11.5 Å². The van der Waals surface area contributed by atoms with Gasteiger partial charge in [-0.15, -0.1) is 0 Å². The maximum Gasteiger partial charge on any atom is 0.240 e. The second-order valence-corrected chi connectivity index (χ2v) is 5.61. The zero-order chi connectivity index (χ0) is 16.9. The van der Waals surface area contributed by atoms with Gasteiger partial charge in [0.05, 0.1) is 18.8 Å². The SMILES string of the molecule is C[C@@H](NC(=O)CN(C)c1cnccn1)c1ccc2c(c1)OCCO2. The zero-order valence-corrected chi connectivity index (χ0v) is 13.7. The molecule has 1 aromatic carbocycles. The topological polar surface area (TPSA) is 76.6 Å². The minimum absolute atomic E-state index is 0.0921. The summed E-state index contributed by atoms with van der Waals surface area (Å²) in [5, 5.41) is 2.98. The second kappa shape index (κ2) is 7.16. The minimum Gasteiger partial charge on any atom is -0.486 e. The molecule has 3 rings (SSSR count). The highest BCUT2D eigenvalue weighted by Gasteiger charge is 2.16. The number of amides is 1. The predicted octanol–water partition coefficient (Wildman–Crippen LogP) is 1.56. The molecule has 126 valence electrons. The van der Waals surface area contributed by atoms with Crippen LogP contribution in [0.25, 0.3) is 0 Å². The van der Waals surface area contributed by atoms with E-state index in [1.54, 1.807) is 30.5 Å². The third kappa shape index (κ3) is 3.73. The Bertz CT molecular complexity index is 708. The molecule has 1 aliphatic rings. The van der Waals surface area contributed by atoms with E-state index in [4.69, 9.17) is 9.47 Å². The van der Waals surface area contributed by atoms with Crippen LogP contribution in [0.4, 0.5) is 5.82 Å². The number of likely N-dealkylation sites (N-methyl/N-ethyl adjacent to an activating group) is 1. The highest BCUT2D eigenvalue weighted by Crippen LogP contribution is 2.32. The number of nitrogens with zero attached hydrogens (tertiary/aromatic N) is 3. The van der Waals surface area contributed by atoms with Gasteiger partial charge in [0.2, 0.25) is 5.91 Å². The number of hydrogen-bond acceptors (Lipinski definition) is 6. The van der Waals surface area contributed by atoms with E-state index < -0.39 is 0 Å². The number of carbonyl (C=O) groups excluding carboxylic acids is 1. The standard InChI is InChI=1S/C17H20N4O3/c1-12(13-3-4-14-15(9-13)24-8-7-23-14)20-17(22)11-21(2)16-10-18-5-6-19-16/h3-6,9-10,12H,7-8,11H2,1-2H3,(H,20,22)/t12-/m1/s1. The van der Waals surface area contributed by atoms with Crippen molar-refractivity contribution < 1.29 is 14.3 Å². The molecule has 7 nitrogen and oxygen atoms in total. The Kier molecular flexibility index (Phi) is 4.79. The minimum atomic E-state index is -0.136. The smallest absolute Gasteiger partial charge is 0.240 e. The number of carbonyl (C=O) groups is 1. The molecule has 1 aromatic heterocycles. The fourth-order valence-corrected chi connectivity index (χ4v) is 2.48. The van der Waals surface area contributed by atoms with Crippen molar-refractivity contribution in [2.45, 2.75) is 13.0 Å².